The summed E-state index contributed by atoms with van der Waals surface area (Å²) < 4.78 is 0.773. The van der Waals surface area contributed by atoms with Gasteiger partial charge in [-0.15, -0.1) is 0 Å². The predicted molar refractivity (Wildman–Crippen MR) is 77.8 cm³/mol. The third-order valence-corrected chi connectivity index (χ3v) is 4.21. The van der Waals surface area contributed by atoms with Crippen molar-refractivity contribution in [1.82, 2.24) is 10.8 Å². The van der Waals surface area contributed by atoms with Crippen LogP contribution in [0, 0.1) is 0 Å². The van der Waals surface area contributed by atoms with E-state index >= 15 is 0 Å². The number of hydroxylamine groups is 1. The first-order chi connectivity index (χ1) is 9.20. The van der Waals surface area contributed by atoms with E-state index in [9.17, 15) is 4.79 Å². The zero-order valence-corrected chi connectivity index (χ0v) is 12.6. The lowest BCUT2D eigenvalue weighted by molar-refractivity contribution is -0.0343. The third kappa shape index (κ3) is 4.03. The monoisotopic (exact) mass is 326 g/mol. The molecule has 0 aliphatic heterocycles. The molecule has 4 nitrogen and oxygen atoms in total. The summed E-state index contributed by atoms with van der Waals surface area (Å²) in [5.41, 5.74) is 3.14. The molecule has 1 saturated carbocycles. The van der Waals surface area contributed by atoms with Crippen molar-refractivity contribution in [2.45, 2.75) is 37.8 Å². The number of hydrogen-bond acceptors (Lipinski definition) is 3. The first kappa shape index (κ1) is 14.5. The molecule has 19 heavy (non-hydrogen) atoms. The Balaban J connectivity index is 1.80. The molecule has 1 fully saturated rings. The number of carbonyl (C=O) groups excluding carboxylic acids is 1. The van der Waals surface area contributed by atoms with Crippen LogP contribution in [-0.4, -0.2) is 25.1 Å². The molecule has 1 aliphatic rings. The maximum absolute atomic E-state index is 12.0. The number of rotatable bonds is 4. The standard InChI is InChI=1S/C14H19BrN2O2/c1-16-10-6-8-11(9-7-10)19-17-14(18)12-4-2-3-5-13(12)15/h2-5,10-11,16H,6-9H2,1H3,(H,17,18). The highest BCUT2D eigenvalue weighted by atomic mass is 79.9. The zero-order chi connectivity index (χ0) is 13.7. The molecule has 1 aromatic carbocycles. The highest BCUT2D eigenvalue weighted by Crippen LogP contribution is 2.21. The van der Waals surface area contributed by atoms with Gasteiger partial charge < -0.3 is 5.32 Å². The van der Waals surface area contributed by atoms with Gasteiger partial charge in [-0.05, 0) is 60.8 Å². The maximum Gasteiger partial charge on any atom is 0.275 e. The second-order valence-electron chi connectivity index (χ2n) is 4.79. The summed E-state index contributed by atoms with van der Waals surface area (Å²) in [6.45, 7) is 0. The Labute approximate surface area is 122 Å². The van der Waals surface area contributed by atoms with Gasteiger partial charge in [-0.3, -0.25) is 9.63 Å². The first-order valence-electron chi connectivity index (χ1n) is 6.58. The van der Waals surface area contributed by atoms with Crippen LogP contribution >= 0.6 is 15.9 Å². The molecule has 0 unspecified atom stereocenters. The molecule has 0 bridgehead atoms. The van der Waals surface area contributed by atoms with E-state index in [1.165, 1.54) is 0 Å². The summed E-state index contributed by atoms with van der Waals surface area (Å²) in [4.78, 5) is 17.4. The number of nitrogens with one attached hydrogen (secondary N) is 2. The van der Waals surface area contributed by atoms with Gasteiger partial charge in [0.25, 0.3) is 5.91 Å². The van der Waals surface area contributed by atoms with Crippen LogP contribution in [0.4, 0.5) is 0 Å². The van der Waals surface area contributed by atoms with Crippen molar-refractivity contribution in [1.29, 1.82) is 0 Å². The van der Waals surface area contributed by atoms with Crippen LogP contribution in [-0.2, 0) is 4.84 Å². The average molecular weight is 327 g/mol. The number of amides is 1. The van der Waals surface area contributed by atoms with Gasteiger partial charge in [0, 0.05) is 10.5 Å². The van der Waals surface area contributed by atoms with E-state index in [0.29, 0.717) is 11.6 Å². The van der Waals surface area contributed by atoms with E-state index in [0.717, 1.165) is 30.2 Å². The summed E-state index contributed by atoms with van der Waals surface area (Å²) in [5.74, 6) is -0.205. The predicted octanol–water partition coefficient (Wildman–Crippen LogP) is 2.64. The maximum atomic E-state index is 12.0. The fraction of sp³-hybridized carbons (Fsp3) is 0.500. The van der Waals surface area contributed by atoms with E-state index in [2.05, 4.69) is 26.7 Å². The molecule has 0 heterocycles. The summed E-state index contributed by atoms with van der Waals surface area (Å²) in [7, 11) is 1.99. The van der Waals surface area contributed by atoms with Crippen molar-refractivity contribution in [2.75, 3.05) is 7.05 Å². The number of carbonyl (C=O) groups is 1. The molecule has 5 heteroatoms. The van der Waals surface area contributed by atoms with Gasteiger partial charge >= 0.3 is 0 Å². The summed E-state index contributed by atoms with van der Waals surface area (Å²) in [6.07, 6.45) is 4.25. The molecule has 0 spiro atoms. The number of benzene rings is 1. The highest BCUT2D eigenvalue weighted by Gasteiger charge is 2.21. The first-order valence-corrected chi connectivity index (χ1v) is 7.37. The van der Waals surface area contributed by atoms with E-state index in [4.69, 9.17) is 4.84 Å². The Morgan fingerprint density at radius 2 is 1.95 bits per heavy atom. The summed E-state index contributed by atoms with van der Waals surface area (Å²) in [6, 6.07) is 7.89. The molecule has 0 atom stereocenters. The van der Waals surface area contributed by atoms with Crippen molar-refractivity contribution in [2.24, 2.45) is 0 Å². The Morgan fingerprint density at radius 3 is 2.58 bits per heavy atom. The molecule has 0 saturated heterocycles. The smallest absolute Gasteiger partial charge is 0.275 e. The second kappa shape index (κ2) is 7.03. The highest BCUT2D eigenvalue weighted by molar-refractivity contribution is 9.10. The molecule has 2 rings (SSSR count). The van der Waals surface area contributed by atoms with Crippen LogP contribution in [0.3, 0.4) is 0 Å². The fourth-order valence-electron chi connectivity index (χ4n) is 2.31. The summed E-state index contributed by atoms with van der Waals surface area (Å²) >= 11 is 3.36. The van der Waals surface area contributed by atoms with Crippen molar-refractivity contribution in [3.63, 3.8) is 0 Å². The molecule has 0 radical (unpaired) electrons. The van der Waals surface area contributed by atoms with E-state index in [1.807, 2.05) is 25.2 Å². The van der Waals surface area contributed by atoms with Crippen molar-refractivity contribution in [3.05, 3.63) is 34.3 Å². The second-order valence-corrected chi connectivity index (χ2v) is 5.65. The Morgan fingerprint density at radius 1 is 1.26 bits per heavy atom. The molecule has 0 aromatic heterocycles. The Hall–Kier alpha value is -0.910. The van der Waals surface area contributed by atoms with Crippen molar-refractivity contribution < 1.29 is 9.63 Å². The van der Waals surface area contributed by atoms with Gasteiger partial charge in [-0.1, -0.05) is 12.1 Å². The minimum absolute atomic E-state index is 0.121. The zero-order valence-electron chi connectivity index (χ0n) is 11.0. The minimum Gasteiger partial charge on any atom is -0.317 e. The van der Waals surface area contributed by atoms with Gasteiger partial charge in [0.05, 0.1) is 11.7 Å². The lowest BCUT2D eigenvalue weighted by Gasteiger charge is -2.27. The largest absolute Gasteiger partial charge is 0.317 e. The summed E-state index contributed by atoms with van der Waals surface area (Å²) in [5, 5.41) is 3.27. The minimum atomic E-state index is -0.205. The van der Waals surface area contributed by atoms with Crippen molar-refractivity contribution in [3.8, 4) is 0 Å². The van der Waals surface area contributed by atoms with Crippen LogP contribution in [0.15, 0.2) is 28.7 Å². The third-order valence-electron chi connectivity index (χ3n) is 3.52. The number of hydrogen-bond donors (Lipinski definition) is 2. The topological polar surface area (TPSA) is 50.4 Å². The molecule has 1 aromatic rings. The van der Waals surface area contributed by atoms with Crippen LogP contribution in [0.1, 0.15) is 36.0 Å². The lowest BCUT2D eigenvalue weighted by Crippen LogP contribution is -2.36. The normalized spacial score (nSPS) is 23.1. The Bertz CT molecular complexity index is 431. The molecular formula is C14H19BrN2O2. The Kier molecular flexibility index (Phi) is 5.36. The molecule has 2 N–H and O–H groups in total. The van der Waals surface area contributed by atoms with Crippen LogP contribution in [0.2, 0.25) is 0 Å². The molecule has 1 aliphatic carbocycles. The van der Waals surface area contributed by atoms with E-state index < -0.39 is 0 Å². The average Bonchev–Trinajstić information content (AvgIpc) is 2.46. The van der Waals surface area contributed by atoms with E-state index in [1.54, 1.807) is 6.07 Å². The van der Waals surface area contributed by atoms with Gasteiger partial charge in [0.15, 0.2) is 0 Å². The van der Waals surface area contributed by atoms with Crippen LogP contribution in [0.5, 0.6) is 0 Å². The van der Waals surface area contributed by atoms with Crippen LogP contribution < -0.4 is 10.8 Å². The van der Waals surface area contributed by atoms with E-state index in [-0.39, 0.29) is 12.0 Å². The SMILES string of the molecule is CNC1CCC(ONC(=O)c2ccccc2Br)CC1. The fourth-order valence-corrected chi connectivity index (χ4v) is 2.77. The van der Waals surface area contributed by atoms with Gasteiger partial charge in [-0.25, -0.2) is 5.48 Å². The van der Waals surface area contributed by atoms with Gasteiger partial charge in [0.2, 0.25) is 0 Å². The number of halogens is 1. The van der Waals surface area contributed by atoms with Gasteiger partial charge in [-0.2, -0.15) is 0 Å². The lowest BCUT2D eigenvalue weighted by atomic mass is 9.93. The van der Waals surface area contributed by atoms with Crippen molar-refractivity contribution >= 4 is 21.8 Å². The quantitative estimate of drug-likeness (QED) is 0.836. The van der Waals surface area contributed by atoms with Gasteiger partial charge in [0.1, 0.15) is 0 Å². The van der Waals surface area contributed by atoms with Crippen LogP contribution in [0.25, 0.3) is 0 Å². The molecule has 104 valence electrons. The molecular weight excluding hydrogens is 308 g/mol. The molecule has 1 amide bonds.